The van der Waals surface area contributed by atoms with Gasteiger partial charge in [-0.2, -0.15) is 0 Å². The van der Waals surface area contributed by atoms with Crippen molar-refractivity contribution >= 4 is 23.3 Å². The molecule has 0 fully saturated rings. The van der Waals surface area contributed by atoms with Crippen molar-refractivity contribution in [2.45, 2.75) is 13.8 Å². The van der Waals surface area contributed by atoms with Crippen molar-refractivity contribution in [1.29, 1.82) is 0 Å². The number of anilines is 1. The first-order chi connectivity index (χ1) is 14.4. The minimum absolute atomic E-state index is 0.0350. The molecule has 0 bridgehead atoms. The van der Waals surface area contributed by atoms with Crippen molar-refractivity contribution in [2.75, 3.05) is 32.4 Å². The molecule has 0 spiro atoms. The van der Waals surface area contributed by atoms with Gasteiger partial charge >= 0.3 is 5.97 Å². The summed E-state index contributed by atoms with van der Waals surface area (Å²) in [6.45, 7) is 3.06. The van der Waals surface area contributed by atoms with Crippen molar-refractivity contribution in [3.63, 3.8) is 0 Å². The van der Waals surface area contributed by atoms with E-state index in [4.69, 9.17) is 23.7 Å². The van der Waals surface area contributed by atoms with Crippen LogP contribution in [-0.2, 0) is 9.53 Å². The second-order valence-electron chi connectivity index (χ2n) is 6.23. The molecule has 0 aromatic heterocycles. The maximum atomic E-state index is 12.3. The molecule has 1 N–H and O–H groups in total. The summed E-state index contributed by atoms with van der Waals surface area (Å²) in [7, 11) is 1.49. The molecular weight excluding hydrogens is 394 g/mol. The van der Waals surface area contributed by atoms with E-state index in [1.807, 2.05) is 0 Å². The Hall–Kier alpha value is -3.75. The second kappa shape index (κ2) is 9.17. The Kier molecular flexibility index (Phi) is 6.41. The topological polar surface area (TPSA) is 109 Å². The maximum absolute atomic E-state index is 12.3. The van der Waals surface area contributed by atoms with Crippen LogP contribution in [0, 0.1) is 0 Å². The highest BCUT2D eigenvalue weighted by atomic mass is 16.7. The number of hydrogen-bond acceptors (Lipinski definition) is 8. The highest BCUT2D eigenvalue weighted by Crippen LogP contribution is 2.37. The Labute approximate surface area is 172 Å². The van der Waals surface area contributed by atoms with E-state index in [9.17, 15) is 14.4 Å². The molecule has 1 heterocycles. The van der Waals surface area contributed by atoms with Gasteiger partial charge in [0.1, 0.15) is 0 Å². The van der Waals surface area contributed by atoms with E-state index in [0.717, 1.165) is 0 Å². The third-order valence-electron chi connectivity index (χ3n) is 4.20. The Bertz CT molecular complexity index is 985. The number of rotatable bonds is 8. The number of methoxy groups -OCH3 is 1. The SMILES string of the molecule is CCOc1cc(C(=O)OCC(=O)Nc2cc3c(cc2C(C)=O)OCO3)ccc1OC. The first kappa shape index (κ1) is 21.0. The van der Waals surface area contributed by atoms with Crippen LogP contribution in [0.1, 0.15) is 34.6 Å². The number of amides is 1. The predicted molar refractivity (Wildman–Crippen MR) is 106 cm³/mol. The zero-order valence-corrected chi connectivity index (χ0v) is 16.8. The molecule has 2 aromatic carbocycles. The number of Topliss-reactive ketones (excluding diaryl/α,β-unsaturated/α-hetero) is 1. The molecule has 0 unspecified atom stereocenters. The van der Waals surface area contributed by atoms with Crippen LogP contribution in [0.3, 0.4) is 0 Å². The minimum Gasteiger partial charge on any atom is -0.493 e. The lowest BCUT2D eigenvalue weighted by atomic mass is 10.1. The zero-order chi connectivity index (χ0) is 21.7. The summed E-state index contributed by atoms with van der Waals surface area (Å²) in [4.78, 5) is 36.5. The highest BCUT2D eigenvalue weighted by Gasteiger charge is 2.21. The minimum atomic E-state index is -0.703. The molecule has 9 heteroatoms. The molecule has 158 valence electrons. The van der Waals surface area contributed by atoms with E-state index in [-0.39, 0.29) is 29.4 Å². The molecule has 0 radical (unpaired) electrons. The first-order valence-corrected chi connectivity index (χ1v) is 9.15. The third-order valence-corrected chi connectivity index (χ3v) is 4.20. The lowest BCUT2D eigenvalue weighted by Gasteiger charge is -2.12. The van der Waals surface area contributed by atoms with Gasteiger partial charge in [-0.25, -0.2) is 4.79 Å². The van der Waals surface area contributed by atoms with E-state index in [1.165, 1.54) is 38.3 Å². The largest absolute Gasteiger partial charge is 0.493 e. The van der Waals surface area contributed by atoms with Crippen LogP contribution in [0.15, 0.2) is 30.3 Å². The molecule has 1 amide bonds. The van der Waals surface area contributed by atoms with Crippen molar-refractivity contribution in [1.82, 2.24) is 0 Å². The fourth-order valence-corrected chi connectivity index (χ4v) is 2.81. The smallest absolute Gasteiger partial charge is 0.338 e. The Morgan fingerprint density at radius 1 is 1.07 bits per heavy atom. The molecule has 3 rings (SSSR count). The molecule has 0 atom stereocenters. The van der Waals surface area contributed by atoms with Crippen molar-refractivity contribution in [3.8, 4) is 23.0 Å². The standard InChI is InChI=1S/C21H21NO8/c1-4-27-17-7-13(5-6-16(17)26-3)21(25)28-10-20(24)22-15-9-19-18(29-11-30-19)8-14(15)12(2)23/h5-9H,4,10-11H2,1-3H3,(H,22,24). The van der Waals surface area contributed by atoms with Gasteiger partial charge in [-0.1, -0.05) is 0 Å². The summed E-state index contributed by atoms with van der Waals surface area (Å²) in [5.74, 6) is 0.135. The second-order valence-corrected chi connectivity index (χ2v) is 6.23. The summed E-state index contributed by atoms with van der Waals surface area (Å²) in [5, 5.41) is 2.56. The fraction of sp³-hybridized carbons (Fsp3) is 0.286. The van der Waals surface area contributed by atoms with Crippen molar-refractivity contribution in [2.24, 2.45) is 0 Å². The number of fused-ring (bicyclic) bond motifs is 1. The van der Waals surface area contributed by atoms with Crippen LogP contribution in [-0.4, -0.2) is 44.8 Å². The summed E-state index contributed by atoms with van der Waals surface area (Å²) in [6.07, 6.45) is 0. The molecule has 1 aliphatic rings. The average molecular weight is 415 g/mol. The van der Waals surface area contributed by atoms with Gasteiger partial charge in [-0.3, -0.25) is 9.59 Å². The number of carbonyl (C=O) groups excluding carboxylic acids is 3. The van der Waals surface area contributed by atoms with Crippen LogP contribution in [0.2, 0.25) is 0 Å². The molecule has 0 saturated carbocycles. The van der Waals surface area contributed by atoms with Gasteiger partial charge in [0.2, 0.25) is 6.79 Å². The maximum Gasteiger partial charge on any atom is 0.338 e. The van der Waals surface area contributed by atoms with Gasteiger partial charge in [0, 0.05) is 11.6 Å². The van der Waals surface area contributed by atoms with E-state index in [1.54, 1.807) is 13.0 Å². The summed E-state index contributed by atoms with van der Waals surface area (Å²) in [5.41, 5.74) is 0.714. The van der Waals surface area contributed by atoms with E-state index < -0.39 is 18.5 Å². The number of ether oxygens (including phenoxy) is 5. The quantitative estimate of drug-likeness (QED) is 0.518. The molecular formula is C21H21NO8. The summed E-state index contributed by atoms with van der Waals surface area (Å²) in [6, 6.07) is 7.56. The van der Waals surface area contributed by atoms with Crippen LogP contribution >= 0.6 is 0 Å². The van der Waals surface area contributed by atoms with Crippen molar-refractivity contribution in [3.05, 3.63) is 41.5 Å². The van der Waals surface area contributed by atoms with Gasteiger partial charge in [-0.05, 0) is 38.1 Å². The van der Waals surface area contributed by atoms with Crippen LogP contribution in [0.5, 0.6) is 23.0 Å². The molecule has 9 nitrogen and oxygen atoms in total. The number of esters is 1. The van der Waals surface area contributed by atoms with Gasteiger partial charge in [-0.15, -0.1) is 0 Å². The number of benzene rings is 2. The Morgan fingerprint density at radius 3 is 2.47 bits per heavy atom. The highest BCUT2D eigenvalue weighted by molar-refractivity contribution is 6.05. The van der Waals surface area contributed by atoms with Gasteiger partial charge in [0.25, 0.3) is 5.91 Å². The third kappa shape index (κ3) is 4.62. The average Bonchev–Trinajstić information content (AvgIpc) is 3.19. The van der Waals surface area contributed by atoms with Crippen LogP contribution in [0.25, 0.3) is 0 Å². The predicted octanol–water partition coefficient (Wildman–Crippen LogP) is 2.82. The van der Waals surface area contributed by atoms with E-state index in [0.29, 0.717) is 29.6 Å². The van der Waals surface area contributed by atoms with E-state index in [2.05, 4.69) is 5.32 Å². The lowest BCUT2D eigenvalue weighted by Crippen LogP contribution is -2.22. The molecule has 30 heavy (non-hydrogen) atoms. The normalized spacial score (nSPS) is 11.6. The zero-order valence-electron chi connectivity index (χ0n) is 16.8. The van der Waals surface area contributed by atoms with Gasteiger partial charge in [0.15, 0.2) is 35.4 Å². The fourth-order valence-electron chi connectivity index (χ4n) is 2.81. The molecule has 0 saturated heterocycles. The molecule has 0 aliphatic carbocycles. The van der Waals surface area contributed by atoms with Crippen LogP contribution in [0.4, 0.5) is 5.69 Å². The van der Waals surface area contributed by atoms with E-state index >= 15 is 0 Å². The van der Waals surface area contributed by atoms with Gasteiger partial charge in [0.05, 0.1) is 25.0 Å². The molecule has 2 aromatic rings. The van der Waals surface area contributed by atoms with Gasteiger partial charge < -0.3 is 29.0 Å². The molecule has 1 aliphatic heterocycles. The van der Waals surface area contributed by atoms with Crippen LogP contribution < -0.4 is 24.3 Å². The number of hydrogen-bond donors (Lipinski definition) is 1. The summed E-state index contributed by atoms with van der Waals surface area (Å²) < 4.78 is 26.2. The first-order valence-electron chi connectivity index (χ1n) is 9.15. The Balaban J connectivity index is 1.66. The van der Waals surface area contributed by atoms with Crippen molar-refractivity contribution < 1.29 is 38.1 Å². The lowest BCUT2D eigenvalue weighted by molar-refractivity contribution is -0.119. The number of ketones is 1. The number of carbonyl (C=O) groups is 3. The monoisotopic (exact) mass is 415 g/mol. The Morgan fingerprint density at radius 2 is 1.80 bits per heavy atom. The number of nitrogens with one attached hydrogen (secondary N) is 1. The summed E-state index contributed by atoms with van der Waals surface area (Å²) >= 11 is 0.